The van der Waals surface area contributed by atoms with Crippen LogP contribution in [0.2, 0.25) is 0 Å². The molecule has 0 bridgehead atoms. The van der Waals surface area contributed by atoms with Crippen LogP contribution in [0.4, 0.5) is 17.1 Å². The number of nitrogens with one attached hydrogen (secondary N) is 1. The Kier molecular flexibility index (Phi) is 9.97. The van der Waals surface area contributed by atoms with E-state index in [9.17, 15) is 19.8 Å². The highest BCUT2D eigenvalue weighted by atomic mass is 16.3. The van der Waals surface area contributed by atoms with Gasteiger partial charge in [0.15, 0.2) is 5.60 Å². The Balaban J connectivity index is 1.52. The summed E-state index contributed by atoms with van der Waals surface area (Å²) >= 11 is 0. The van der Waals surface area contributed by atoms with Crippen LogP contribution in [0.15, 0.2) is 84.0 Å². The van der Waals surface area contributed by atoms with Gasteiger partial charge in [-0.15, -0.1) is 0 Å². The molecule has 2 saturated heterocycles. The zero-order valence-electron chi connectivity index (χ0n) is 27.1. The Morgan fingerprint density at radius 1 is 0.978 bits per heavy atom. The Morgan fingerprint density at radius 2 is 1.71 bits per heavy atom. The number of hydrogen-bond acceptors (Lipinski definition) is 6. The Hall–Kier alpha value is -3.72. The van der Waals surface area contributed by atoms with E-state index in [-0.39, 0.29) is 18.4 Å². The van der Waals surface area contributed by atoms with Crippen molar-refractivity contribution in [3.05, 3.63) is 89.5 Å². The molecule has 0 unspecified atom stereocenters. The minimum atomic E-state index is -1.81. The predicted molar refractivity (Wildman–Crippen MR) is 181 cm³/mol. The lowest BCUT2D eigenvalue weighted by atomic mass is 9.82. The summed E-state index contributed by atoms with van der Waals surface area (Å²) in [7, 11) is 0. The number of fused-ring (bicyclic) bond motifs is 1. The van der Waals surface area contributed by atoms with Gasteiger partial charge in [0, 0.05) is 36.0 Å². The second kappa shape index (κ2) is 13.7. The molecular weight excluding hydrogens is 564 g/mol. The Labute approximate surface area is 267 Å². The van der Waals surface area contributed by atoms with E-state index in [0.29, 0.717) is 49.4 Å². The zero-order chi connectivity index (χ0) is 32.2. The van der Waals surface area contributed by atoms with Gasteiger partial charge in [-0.2, -0.15) is 0 Å². The summed E-state index contributed by atoms with van der Waals surface area (Å²) in [6.07, 6.45) is 11.6. The Morgan fingerprint density at radius 3 is 2.40 bits per heavy atom. The molecule has 8 heteroatoms. The number of anilines is 3. The van der Waals surface area contributed by atoms with Crippen LogP contribution in [-0.2, 0) is 15.2 Å². The van der Waals surface area contributed by atoms with E-state index in [0.717, 1.165) is 31.6 Å². The molecular formula is C37H48N4O4. The highest BCUT2D eigenvalue weighted by Crippen LogP contribution is 2.48. The van der Waals surface area contributed by atoms with Gasteiger partial charge in [0.25, 0.3) is 11.8 Å². The average molecular weight is 613 g/mol. The molecule has 5 rings (SSSR count). The van der Waals surface area contributed by atoms with Crippen LogP contribution in [0.5, 0.6) is 0 Å². The van der Waals surface area contributed by atoms with Gasteiger partial charge in [0.05, 0.1) is 12.4 Å². The van der Waals surface area contributed by atoms with Gasteiger partial charge in [0.1, 0.15) is 5.54 Å². The maximum absolute atomic E-state index is 14.3. The second-order valence-corrected chi connectivity index (χ2v) is 12.9. The van der Waals surface area contributed by atoms with E-state index < -0.39 is 17.1 Å². The van der Waals surface area contributed by atoms with Crippen LogP contribution in [0, 0.1) is 5.92 Å². The third-order valence-electron chi connectivity index (χ3n) is 9.60. The molecule has 3 N–H and O–H groups in total. The van der Waals surface area contributed by atoms with Crippen LogP contribution in [0.1, 0.15) is 65.4 Å². The van der Waals surface area contributed by atoms with Crippen molar-refractivity contribution in [2.75, 3.05) is 47.6 Å². The van der Waals surface area contributed by atoms with Crippen molar-refractivity contribution in [3.8, 4) is 0 Å². The third-order valence-corrected chi connectivity index (χ3v) is 9.60. The quantitative estimate of drug-likeness (QED) is 0.294. The summed E-state index contributed by atoms with van der Waals surface area (Å²) < 4.78 is 0. The lowest BCUT2D eigenvalue weighted by Crippen LogP contribution is -2.55. The van der Waals surface area contributed by atoms with Gasteiger partial charge < -0.3 is 25.3 Å². The largest absolute Gasteiger partial charge is 0.396 e. The van der Waals surface area contributed by atoms with E-state index in [2.05, 4.69) is 43.1 Å². The van der Waals surface area contributed by atoms with Crippen molar-refractivity contribution in [2.45, 2.75) is 70.9 Å². The molecule has 3 aliphatic rings. The van der Waals surface area contributed by atoms with Gasteiger partial charge >= 0.3 is 0 Å². The molecule has 3 aliphatic heterocycles. The average Bonchev–Trinajstić information content (AvgIpc) is 3.43. The summed E-state index contributed by atoms with van der Waals surface area (Å²) in [4.78, 5) is 34.1. The molecule has 3 heterocycles. The first-order valence-corrected chi connectivity index (χ1v) is 16.2. The second-order valence-electron chi connectivity index (χ2n) is 12.9. The molecule has 2 fully saturated rings. The number of carbonyl (C=O) groups is 2. The van der Waals surface area contributed by atoms with Crippen LogP contribution < -0.4 is 20.0 Å². The number of allylic oxidation sites excluding steroid dienone is 3. The summed E-state index contributed by atoms with van der Waals surface area (Å²) in [5.41, 5.74) is 2.84. The van der Waals surface area contributed by atoms with Gasteiger partial charge in [-0.05, 0) is 96.3 Å². The first-order valence-electron chi connectivity index (χ1n) is 16.2. The lowest BCUT2D eigenvalue weighted by molar-refractivity contribution is -0.139. The van der Waals surface area contributed by atoms with E-state index in [4.69, 9.17) is 0 Å². The number of hydrogen-bond donors (Lipinski definition) is 3. The van der Waals surface area contributed by atoms with Crippen LogP contribution in [-0.4, -0.2) is 60.5 Å². The standard InChI is InChI=1S/C37H48N4O4/c1-27(2)11-10-12-28(3)18-23-39-33-17-16-31(25-32(33)37(45,35(39)44)29(4)13-8-9-24-42)40-26-41(30-14-6-5-7-15-30)36(34(40)43)19-21-38-22-20-36/h5-8,11,13-18,25,29,38,42,45H,9-10,12,19-24,26H2,1-4H3/b13-8+,28-18+/t29-,37+/m1/s1. The number of carbonyl (C=O) groups excluding carboxylic acids is 2. The minimum absolute atomic E-state index is 0.00841. The topological polar surface area (TPSA) is 96.3 Å². The molecule has 2 aromatic carbocycles. The first kappa shape index (κ1) is 32.7. The molecule has 0 aromatic heterocycles. The Bertz CT molecular complexity index is 1470. The van der Waals surface area contributed by atoms with Crippen molar-refractivity contribution in [1.29, 1.82) is 0 Å². The number of aliphatic hydroxyl groups excluding tert-OH is 1. The normalized spacial score (nSPS) is 22.1. The van der Waals surface area contributed by atoms with Crippen molar-refractivity contribution < 1.29 is 19.8 Å². The molecule has 8 nitrogen and oxygen atoms in total. The number of rotatable bonds is 11. The molecule has 45 heavy (non-hydrogen) atoms. The number of amides is 2. The molecule has 2 amide bonds. The third kappa shape index (κ3) is 6.24. The van der Waals surface area contributed by atoms with E-state index in [1.807, 2.05) is 60.4 Å². The molecule has 2 atom stereocenters. The number of aliphatic hydroxyl groups is 2. The number of piperidine rings is 1. The molecule has 1 spiro atoms. The van der Waals surface area contributed by atoms with Crippen LogP contribution >= 0.6 is 0 Å². The van der Waals surface area contributed by atoms with Crippen LogP contribution in [0.3, 0.4) is 0 Å². The number of nitrogens with zero attached hydrogens (tertiary/aromatic N) is 3. The fourth-order valence-corrected chi connectivity index (χ4v) is 6.90. The van der Waals surface area contributed by atoms with Gasteiger partial charge in [-0.1, -0.05) is 60.6 Å². The fraction of sp³-hybridized carbons (Fsp3) is 0.459. The molecule has 0 radical (unpaired) electrons. The minimum Gasteiger partial charge on any atom is -0.396 e. The zero-order valence-corrected chi connectivity index (χ0v) is 27.1. The van der Waals surface area contributed by atoms with Gasteiger partial charge in [-0.25, -0.2) is 0 Å². The number of para-hydroxylation sites is 1. The van der Waals surface area contributed by atoms with Crippen LogP contribution in [0.25, 0.3) is 0 Å². The summed E-state index contributed by atoms with van der Waals surface area (Å²) in [5.74, 6) is -0.884. The maximum atomic E-state index is 14.3. The lowest BCUT2D eigenvalue weighted by Gasteiger charge is -2.39. The summed E-state index contributed by atoms with van der Waals surface area (Å²) in [6, 6.07) is 15.7. The maximum Gasteiger partial charge on any atom is 0.264 e. The van der Waals surface area contributed by atoms with Crippen molar-refractivity contribution >= 4 is 28.9 Å². The van der Waals surface area contributed by atoms with Crippen molar-refractivity contribution in [2.24, 2.45) is 5.92 Å². The monoisotopic (exact) mass is 612 g/mol. The highest BCUT2D eigenvalue weighted by Gasteiger charge is 2.55. The van der Waals surface area contributed by atoms with Gasteiger partial charge in [-0.3, -0.25) is 14.5 Å². The molecule has 240 valence electrons. The molecule has 0 aliphatic carbocycles. The van der Waals surface area contributed by atoms with E-state index in [1.165, 1.54) is 11.1 Å². The summed E-state index contributed by atoms with van der Waals surface area (Å²) in [5, 5.41) is 25.0. The molecule has 0 saturated carbocycles. The number of benzene rings is 2. The highest BCUT2D eigenvalue weighted by molar-refractivity contribution is 6.10. The molecule has 2 aromatic rings. The smallest absolute Gasteiger partial charge is 0.264 e. The van der Waals surface area contributed by atoms with E-state index >= 15 is 0 Å². The predicted octanol–water partition coefficient (Wildman–Crippen LogP) is 5.42. The van der Waals surface area contributed by atoms with Crippen molar-refractivity contribution in [3.63, 3.8) is 0 Å². The van der Waals surface area contributed by atoms with Gasteiger partial charge in [0.2, 0.25) is 0 Å². The SMILES string of the molecule is CC(C)=CCC/C(C)=C/CN1C(=O)[C@](O)([C@H](C)/C=C/CCO)c2cc(N3CN(c4ccccc4)C4(CCNCC4)C3=O)ccc21. The van der Waals surface area contributed by atoms with E-state index in [1.54, 1.807) is 17.1 Å². The van der Waals surface area contributed by atoms with Crippen molar-refractivity contribution in [1.82, 2.24) is 5.32 Å². The first-order chi connectivity index (χ1) is 21.6. The fourth-order valence-electron chi connectivity index (χ4n) is 6.90. The summed E-state index contributed by atoms with van der Waals surface area (Å²) in [6.45, 7) is 10.3.